The van der Waals surface area contributed by atoms with Crippen LogP contribution in [0.3, 0.4) is 0 Å². The van der Waals surface area contributed by atoms with Gasteiger partial charge in [0.15, 0.2) is 9.84 Å². The van der Waals surface area contributed by atoms with E-state index in [0.29, 0.717) is 6.54 Å². The molecule has 100 valence electrons. The van der Waals surface area contributed by atoms with E-state index < -0.39 is 9.84 Å². The Labute approximate surface area is 108 Å². The van der Waals surface area contributed by atoms with Crippen molar-refractivity contribution in [1.29, 1.82) is 0 Å². The summed E-state index contributed by atoms with van der Waals surface area (Å²) in [7, 11) is -0.979. The SMILES string of the molecule is CNCc1ccncc1N1CCS(=O)(=O)CC1C. The third-order valence-corrected chi connectivity index (χ3v) is 5.03. The fraction of sp³-hybridized carbons (Fsp3) is 0.583. The second kappa shape index (κ2) is 5.24. The molecule has 0 bridgehead atoms. The van der Waals surface area contributed by atoms with Gasteiger partial charge in [0.05, 0.1) is 23.4 Å². The van der Waals surface area contributed by atoms with Crippen molar-refractivity contribution in [2.45, 2.75) is 19.5 Å². The molecular formula is C12H19N3O2S. The van der Waals surface area contributed by atoms with Gasteiger partial charge in [-0.05, 0) is 25.6 Å². The second-order valence-corrected chi connectivity index (χ2v) is 6.92. The molecule has 0 radical (unpaired) electrons. The number of anilines is 1. The molecule has 18 heavy (non-hydrogen) atoms. The minimum Gasteiger partial charge on any atom is -0.365 e. The van der Waals surface area contributed by atoms with E-state index in [2.05, 4.69) is 15.2 Å². The van der Waals surface area contributed by atoms with Gasteiger partial charge < -0.3 is 10.2 Å². The molecule has 1 unspecified atom stereocenters. The highest BCUT2D eigenvalue weighted by Gasteiger charge is 2.29. The summed E-state index contributed by atoms with van der Waals surface area (Å²) >= 11 is 0. The van der Waals surface area contributed by atoms with Crippen molar-refractivity contribution in [2.75, 3.05) is 30.0 Å². The number of nitrogens with one attached hydrogen (secondary N) is 1. The first-order valence-corrected chi connectivity index (χ1v) is 7.90. The molecule has 0 amide bonds. The van der Waals surface area contributed by atoms with Gasteiger partial charge in [-0.2, -0.15) is 0 Å². The van der Waals surface area contributed by atoms with Crippen molar-refractivity contribution in [2.24, 2.45) is 0 Å². The van der Waals surface area contributed by atoms with Crippen molar-refractivity contribution in [3.8, 4) is 0 Å². The molecule has 1 aromatic heterocycles. The molecule has 1 aliphatic rings. The van der Waals surface area contributed by atoms with Gasteiger partial charge in [0.1, 0.15) is 0 Å². The lowest BCUT2D eigenvalue weighted by Gasteiger charge is -2.36. The molecule has 1 fully saturated rings. The summed E-state index contributed by atoms with van der Waals surface area (Å²) in [6.45, 7) is 3.26. The van der Waals surface area contributed by atoms with E-state index in [1.165, 1.54) is 0 Å². The Kier molecular flexibility index (Phi) is 3.87. The maximum Gasteiger partial charge on any atom is 0.154 e. The average Bonchev–Trinajstić information content (AvgIpc) is 2.30. The molecule has 1 aliphatic heterocycles. The lowest BCUT2D eigenvalue weighted by molar-refractivity contribution is 0.567. The zero-order chi connectivity index (χ0) is 13.2. The molecule has 1 saturated heterocycles. The molecule has 2 heterocycles. The third kappa shape index (κ3) is 2.81. The summed E-state index contributed by atoms with van der Waals surface area (Å²) < 4.78 is 23.2. The van der Waals surface area contributed by atoms with E-state index in [1.54, 1.807) is 6.20 Å². The van der Waals surface area contributed by atoms with Crippen LogP contribution >= 0.6 is 0 Å². The van der Waals surface area contributed by atoms with Gasteiger partial charge >= 0.3 is 0 Å². The molecule has 1 N–H and O–H groups in total. The number of hydrogen-bond acceptors (Lipinski definition) is 5. The number of aromatic nitrogens is 1. The minimum absolute atomic E-state index is 0.00329. The van der Waals surface area contributed by atoms with Crippen LogP contribution in [0.5, 0.6) is 0 Å². The molecule has 2 rings (SSSR count). The maximum absolute atomic E-state index is 11.6. The summed E-state index contributed by atoms with van der Waals surface area (Å²) in [4.78, 5) is 6.29. The Morgan fingerprint density at radius 1 is 1.56 bits per heavy atom. The summed E-state index contributed by atoms with van der Waals surface area (Å²) in [5.41, 5.74) is 2.19. The lowest BCUT2D eigenvalue weighted by atomic mass is 10.1. The molecule has 1 aromatic rings. The predicted molar refractivity (Wildman–Crippen MR) is 72.5 cm³/mol. The topological polar surface area (TPSA) is 62.3 Å². The Bertz CT molecular complexity index is 516. The van der Waals surface area contributed by atoms with Gasteiger partial charge in [0.2, 0.25) is 0 Å². The molecule has 6 heteroatoms. The summed E-state index contributed by atoms with van der Waals surface area (Å²) in [6, 6.07) is 1.98. The normalized spacial score (nSPS) is 23.0. The van der Waals surface area contributed by atoms with Gasteiger partial charge in [0.25, 0.3) is 0 Å². The molecule has 0 saturated carbocycles. The minimum atomic E-state index is -2.88. The van der Waals surface area contributed by atoms with Crippen LogP contribution in [0.2, 0.25) is 0 Å². The summed E-state index contributed by atoms with van der Waals surface area (Å²) in [6.07, 6.45) is 3.59. The van der Waals surface area contributed by atoms with Gasteiger partial charge in [-0.25, -0.2) is 8.42 Å². The van der Waals surface area contributed by atoms with Gasteiger partial charge in [-0.1, -0.05) is 0 Å². The van der Waals surface area contributed by atoms with Crippen LogP contribution in [0, 0.1) is 0 Å². The van der Waals surface area contributed by atoms with Crippen molar-refractivity contribution in [3.05, 3.63) is 24.0 Å². The monoisotopic (exact) mass is 269 g/mol. The highest BCUT2D eigenvalue weighted by molar-refractivity contribution is 7.91. The summed E-state index contributed by atoms with van der Waals surface area (Å²) in [5, 5.41) is 3.12. The van der Waals surface area contributed by atoms with Crippen molar-refractivity contribution in [3.63, 3.8) is 0 Å². The van der Waals surface area contributed by atoms with E-state index in [0.717, 1.165) is 17.8 Å². The highest BCUT2D eigenvalue weighted by atomic mass is 32.2. The number of nitrogens with zero attached hydrogens (tertiary/aromatic N) is 2. The van der Waals surface area contributed by atoms with Crippen molar-refractivity contribution < 1.29 is 8.42 Å². The largest absolute Gasteiger partial charge is 0.365 e. The Hall–Kier alpha value is -1.14. The number of rotatable bonds is 3. The van der Waals surface area contributed by atoms with Crippen LogP contribution in [0.15, 0.2) is 18.5 Å². The van der Waals surface area contributed by atoms with Crippen molar-refractivity contribution in [1.82, 2.24) is 10.3 Å². The Balaban J connectivity index is 2.27. The second-order valence-electron chi connectivity index (χ2n) is 4.69. The smallest absolute Gasteiger partial charge is 0.154 e. The molecule has 0 aromatic carbocycles. The molecule has 0 aliphatic carbocycles. The zero-order valence-electron chi connectivity index (χ0n) is 10.8. The van der Waals surface area contributed by atoms with Crippen LogP contribution < -0.4 is 10.2 Å². The number of hydrogen-bond donors (Lipinski definition) is 1. The zero-order valence-corrected chi connectivity index (χ0v) is 11.6. The fourth-order valence-electron chi connectivity index (χ4n) is 2.37. The number of pyridine rings is 1. The third-order valence-electron chi connectivity index (χ3n) is 3.23. The number of sulfone groups is 1. The molecule has 1 atom stereocenters. The van der Waals surface area contributed by atoms with Crippen molar-refractivity contribution >= 4 is 15.5 Å². The fourth-order valence-corrected chi connectivity index (χ4v) is 3.93. The lowest BCUT2D eigenvalue weighted by Crippen LogP contribution is -2.47. The van der Waals surface area contributed by atoms with Gasteiger partial charge in [-0.3, -0.25) is 4.98 Å². The van der Waals surface area contributed by atoms with Crippen LogP contribution in [0.25, 0.3) is 0 Å². The predicted octanol–water partition coefficient (Wildman–Crippen LogP) is 0.424. The Morgan fingerprint density at radius 2 is 2.33 bits per heavy atom. The quantitative estimate of drug-likeness (QED) is 0.862. The molecule has 0 spiro atoms. The average molecular weight is 269 g/mol. The Morgan fingerprint density at radius 3 is 3.00 bits per heavy atom. The highest BCUT2D eigenvalue weighted by Crippen LogP contribution is 2.24. The first kappa shape index (κ1) is 13.3. The van der Waals surface area contributed by atoms with E-state index >= 15 is 0 Å². The van der Waals surface area contributed by atoms with E-state index in [1.807, 2.05) is 26.2 Å². The standard InChI is InChI=1S/C12H19N3O2S/c1-10-9-18(16,17)6-5-15(10)12-8-14-4-3-11(12)7-13-2/h3-4,8,10,13H,5-7,9H2,1-2H3. The first-order chi connectivity index (χ1) is 8.53. The maximum atomic E-state index is 11.6. The van der Waals surface area contributed by atoms with Crippen LogP contribution in [0.4, 0.5) is 5.69 Å². The van der Waals surface area contributed by atoms with Gasteiger partial charge in [-0.15, -0.1) is 0 Å². The van der Waals surface area contributed by atoms with Crippen LogP contribution in [-0.2, 0) is 16.4 Å². The van der Waals surface area contributed by atoms with E-state index in [4.69, 9.17) is 0 Å². The first-order valence-electron chi connectivity index (χ1n) is 6.08. The van der Waals surface area contributed by atoms with Crippen LogP contribution in [0.1, 0.15) is 12.5 Å². The summed E-state index contributed by atoms with van der Waals surface area (Å²) in [5.74, 6) is 0.451. The molecule has 5 nitrogen and oxygen atoms in total. The molecular weight excluding hydrogens is 250 g/mol. The van der Waals surface area contributed by atoms with E-state index in [9.17, 15) is 8.42 Å². The van der Waals surface area contributed by atoms with Crippen LogP contribution in [-0.4, -0.2) is 44.5 Å². The van der Waals surface area contributed by atoms with Gasteiger partial charge in [0, 0.05) is 25.3 Å². The van der Waals surface area contributed by atoms with E-state index in [-0.39, 0.29) is 17.5 Å².